The van der Waals surface area contributed by atoms with Gasteiger partial charge in [0.05, 0.1) is 6.10 Å². The summed E-state index contributed by atoms with van der Waals surface area (Å²) in [5.41, 5.74) is 3.05. The Hall–Kier alpha value is -1.02. The minimum atomic E-state index is -0.0744. The van der Waals surface area contributed by atoms with E-state index in [2.05, 4.69) is 13.0 Å². The summed E-state index contributed by atoms with van der Waals surface area (Å²) in [4.78, 5) is 0. The third kappa shape index (κ3) is 1.81. The first-order chi connectivity index (χ1) is 10.2. The summed E-state index contributed by atoms with van der Waals surface area (Å²) in [5, 5.41) is 20.3. The van der Waals surface area contributed by atoms with Crippen LogP contribution in [0.15, 0.2) is 18.2 Å². The van der Waals surface area contributed by atoms with Crippen LogP contribution in [0.4, 0.5) is 0 Å². The van der Waals surface area contributed by atoms with Crippen LogP contribution in [0.5, 0.6) is 5.75 Å². The standard InChI is InChI=1S/C19H26O2/c1-2-19-10-9-15-14-6-4-13(20)11-12(14)3-5-16(15)17(19)7-8-18(19)21/h4,6,11,15-18,20-21H,2-3,5,7-10H2,1H3/t15-,16-,17+,18?,19+/m1/s1. The largest absolute Gasteiger partial charge is 0.508 e. The summed E-state index contributed by atoms with van der Waals surface area (Å²) >= 11 is 0. The van der Waals surface area contributed by atoms with Gasteiger partial charge in [-0.1, -0.05) is 13.0 Å². The van der Waals surface area contributed by atoms with Crippen molar-refractivity contribution in [1.82, 2.24) is 0 Å². The van der Waals surface area contributed by atoms with Crippen LogP contribution in [-0.4, -0.2) is 16.3 Å². The zero-order valence-corrected chi connectivity index (χ0v) is 12.9. The molecule has 0 radical (unpaired) electrons. The number of aliphatic hydroxyl groups excluding tert-OH is 1. The van der Waals surface area contributed by atoms with Crippen molar-refractivity contribution in [2.75, 3.05) is 0 Å². The van der Waals surface area contributed by atoms with E-state index in [1.165, 1.54) is 36.8 Å². The smallest absolute Gasteiger partial charge is 0.115 e. The predicted octanol–water partition coefficient (Wildman–Crippen LogP) is 4.00. The minimum Gasteiger partial charge on any atom is -0.508 e. The second-order valence-electron chi connectivity index (χ2n) is 7.52. The number of aromatic hydroxyl groups is 1. The van der Waals surface area contributed by atoms with E-state index in [0.717, 1.165) is 25.2 Å². The molecule has 2 nitrogen and oxygen atoms in total. The molecular formula is C19H26O2. The maximum atomic E-state index is 10.6. The van der Waals surface area contributed by atoms with Gasteiger partial charge in [-0.15, -0.1) is 0 Å². The van der Waals surface area contributed by atoms with E-state index in [1.54, 1.807) is 0 Å². The predicted molar refractivity (Wildman–Crippen MR) is 83.3 cm³/mol. The summed E-state index contributed by atoms with van der Waals surface area (Å²) in [5.74, 6) is 2.51. The van der Waals surface area contributed by atoms with Crippen molar-refractivity contribution in [1.29, 1.82) is 0 Å². The Labute approximate surface area is 127 Å². The average Bonchev–Trinajstić information content (AvgIpc) is 2.84. The molecule has 0 spiro atoms. The van der Waals surface area contributed by atoms with E-state index in [-0.39, 0.29) is 11.5 Å². The van der Waals surface area contributed by atoms with Crippen LogP contribution in [0.2, 0.25) is 0 Å². The fourth-order valence-corrected chi connectivity index (χ4v) is 6.03. The van der Waals surface area contributed by atoms with Crippen molar-refractivity contribution in [3.05, 3.63) is 29.3 Å². The van der Waals surface area contributed by atoms with Crippen LogP contribution < -0.4 is 0 Å². The zero-order valence-electron chi connectivity index (χ0n) is 12.9. The molecule has 114 valence electrons. The van der Waals surface area contributed by atoms with Crippen molar-refractivity contribution in [2.24, 2.45) is 17.3 Å². The molecule has 1 aromatic carbocycles. The first kappa shape index (κ1) is 13.6. The highest BCUT2D eigenvalue weighted by Crippen LogP contribution is 2.62. The van der Waals surface area contributed by atoms with Gasteiger partial charge in [0.25, 0.3) is 0 Å². The lowest BCUT2D eigenvalue weighted by Gasteiger charge is -2.51. The number of rotatable bonds is 1. The maximum Gasteiger partial charge on any atom is 0.115 e. The summed E-state index contributed by atoms with van der Waals surface area (Å²) in [6, 6.07) is 5.98. The van der Waals surface area contributed by atoms with Crippen molar-refractivity contribution in [3.63, 3.8) is 0 Å². The van der Waals surface area contributed by atoms with E-state index >= 15 is 0 Å². The Balaban J connectivity index is 1.71. The molecule has 0 bridgehead atoms. The fourth-order valence-electron chi connectivity index (χ4n) is 6.03. The zero-order chi connectivity index (χ0) is 14.6. The van der Waals surface area contributed by atoms with Gasteiger partial charge in [-0.3, -0.25) is 0 Å². The first-order valence-electron chi connectivity index (χ1n) is 8.65. The van der Waals surface area contributed by atoms with Gasteiger partial charge in [-0.25, -0.2) is 0 Å². The number of phenols is 1. The molecule has 0 amide bonds. The Morgan fingerprint density at radius 2 is 2.05 bits per heavy atom. The number of hydrogen-bond acceptors (Lipinski definition) is 2. The Bertz CT molecular complexity index is 552. The highest BCUT2D eigenvalue weighted by molar-refractivity contribution is 5.40. The van der Waals surface area contributed by atoms with Crippen molar-refractivity contribution in [2.45, 2.75) is 63.9 Å². The molecule has 0 saturated heterocycles. The molecular weight excluding hydrogens is 260 g/mol. The molecule has 2 saturated carbocycles. The number of aryl methyl sites for hydroxylation is 1. The minimum absolute atomic E-state index is 0.0744. The molecule has 0 heterocycles. The number of benzene rings is 1. The third-order valence-electron chi connectivity index (χ3n) is 7.04. The SMILES string of the molecule is CC[C@]12CC[C@@H]3c4ccc(O)cc4CC[C@H]3[C@@H]1CCC2O. The van der Waals surface area contributed by atoms with Crippen LogP contribution in [-0.2, 0) is 6.42 Å². The number of fused-ring (bicyclic) bond motifs is 5. The van der Waals surface area contributed by atoms with Crippen LogP contribution in [0, 0.1) is 17.3 Å². The van der Waals surface area contributed by atoms with Gasteiger partial charge in [-0.2, -0.15) is 0 Å². The highest BCUT2D eigenvalue weighted by Gasteiger charge is 2.55. The molecule has 0 aromatic heterocycles. The molecule has 4 rings (SSSR count). The van der Waals surface area contributed by atoms with Crippen LogP contribution >= 0.6 is 0 Å². The van der Waals surface area contributed by atoms with Gasteiger partial charge >= 0.3 is 0 Å². The third-order valence-corrected chi connectivity index (χ3v) is 7.04. The second-order valence-corrected chi connectivity index (χ2v) is 7.52. The van der Waals surface area contributed by atoms with Gasteiger partial charge in [-0.05, 0) is 91.4 Å². The van der Waals surface area contributed by atoms with E-state index in [1.807, 2.05) is 12.1 Å². The lowest BCUT2D eigenvalue weighted by atomic mass is 9.54. The van der Waals surface area contributed by atoms with Gasteiger partial charge in [0, 0.05) is 0 Å². The average molecular weight is 286 g/mol. The van der Waals surface area contributed by atoms with Crippen LogP contribution in [0.3, 0.4) is 0 Å². The highest BCUT2D eigenvalue weighted by atomic mass is 16.3. The number of phenolic OH excluding ortho intramolecular Hbond substituents is 1. The van der Waals surface area contributed by atoms with Gasteiger partial charge in [0.1, 0.15) is 5.75 Å². The maximum absolute atomic E-state index is 10.6. The topological polar surface area (TPSA) is 40.5 Å². The van der Waals surface area contributed by atoms with E-state index in [0.29, 0.717) is 17.6 Å². The monoisotopic (exact) mass is 286 g/mol. The van der Waals surface area contributed by atoms with Gasteiger partial charge < -0.3 is 10.2 Å². The molecule has 3 aliphatic carbocycles. The Morgan fingerprint density at radius 1 is 1.19 bits per heavy atom. The fraction of sp³-hybridized carbons (Fsp3) is 0.684. The summed E-state index contributed by atoms with van der Waals surface area (Å²) < 4.78 is 0. The van der Waals surface area contributed by atoms with E-state index < -0.39 is 0 Å². The molecule has 5 atom stereocenters. The Morgan fingerprint density at radius 3 is 2.86 bits per heavy atom. The van der Waals surface area contributed by atoms with Crippen molar-refractivity contribution >= 4 is 0 Å². The molecule has 21 heavy (non-hydrogen) atoms. The summed E-state index contributed by atoms with van der Waals surface area (Å²) in [6.45, 7) is 2.27. The van der Waals surface area contributed by atoms with Gasteiger partial charge in [0.15, 0.2) is 0 Å². The van der Waals surface area contributed by atoms with Crippen LogP contribution in [0.25, 0.3) is 0 Å². The van der Waals surface area contributed by atoms with Gasteiger partial charge in [0.2, 0.25) is 0 Å². The van der Waals surface area contributed by atoms with Crippen molar-refractivity contribution in [3.8, 4) is 5.75 Å². The molecule has 2 heteroatoms. The van der Waals surface area contributed by atoms with Crippen LogP contribution in [0.1, 0.15) is 62.5 Å². The molecule has 2 fully saturated rings. The molecule has 2 N–H and O–H groups in total. The molecule has 3 aliphatic rings. The molecule has 0 aliphatic heterocycles. The molecule has 1 aromatic rings. The van der Waals surface area contributed by atoms with E-state index in [9.17, 15) is 10.2 Å². The normalized spacial score (nSPS) is 41.2. The Kier molecular flexibility index (Phi) is 3.08. The first-order valence-corrected chi connectivity index (χ1v) is 8.65. The van der Waals surface area contributed by atoms with E-state index in [4.69, 9.17) is 0 Å². The lowest BCUT2D eigenvalue weighted by molar-refractivity contribution is -0.0394. The second kappa shape index (κ2) is 4.74. The number of hydrogen-bond donors (Lipinski definition) is 2. The quantitative estimate of drug-likeness (QED) is 0.819. The summed E-state index contributed by atoms with van der Waals surface area (Å²) in [6.07, 6.45) is 7.99. The molecule has 1 unspecified atom stereocenters. The summed E-state index contributed by atoms with van der Waals surface area (Å²) in [7, 11) is 0. The van der Waals surface area contributed by atoms with Crippen molar-refractivity contribution < 1.29 is 10.2 Å². The number of aliphatic hydroxyl groups is 1. The lowest BCUT2D eigenvalue weighted by Crippen LogP contribution is -2.45.